The third-order valence-corrected chi connectivity index (χ3v) is 3.22. The summed E-state index contributed by atoms with van der Waals surface area (Å²) >= 11 is 3.36. The topological polar surface area (TPSA) is 49.8 Å². The molecule has 2 atom stereocenters. The molecule has 88 valence electrons. The third-order valence-electron chi connectivity index (χ3n) is 2.15. The summed E-state index contributed by atoms with van der Waals surface area (Å²) in [4.78, 5) is 13.3. The van der Waals surface area contributed by atoms with Gasteiger partial charge in [0, 0.05) is 11.4 Å². The van der Waals surface area contributed by atoms with Crippen LogP contribution in [0, 0.1) is 0 Å². The maximum Gasteiger partial charge on any atom is 0.410 e. The Morgan fingerprint density at radius 2 is 2.13 bits per heavy atom. The number of carbonyl (C=O) groups is 1. The minimum absolute atomic E-state index is 0.0798. The van der Waals surface area contributed by atoms with Crippen molar-refractivity contribution in [2.45, 2.75) is 43.7 Å². The van der Waals surface area contributed by atoms with E-state index in [1.807, 2.05) is 20.8 Å². The molecule has 1 fully saturated rings. The number of ether oxygens (including phenoxy) is 1. The van der Waals surface area contributed by atoms with Gasteiger partial charge in [-0.05, 0) is 27.2 Å². The van der Waals surface area contributed by atoms with E-state index in [2.05, 4.69) is 15.9 Å². The van der Waals surface area contributed by atoms with Gasteiger partial charge in [-0.3, -0.25) is 0 Å². The molecule has 1 aliphatic rings. The summed E-state index contributed by atoms with van der Waals surface area (Å²) in [6, 6.07) is 0. The van der Waals surface area contributed by atoms with Gasteiger partial charge in [0.2, 0.25) is 0 Å². The second kappa shape index (κ2) is 4.70. The molecule has 15 heavy (non-hydrogen) atoms. The van der Waals surface area contributed by atoms with Gasteiger partial charge in [0.15, 0.2) is 0 Å². The molecule has 0 radical (unpaired) electrons. The summed E-state index contributed by atoms with van der Waals surface area (Å²) in [7, 11) is 0. The number of hydrogen-bond donors (Lipinski definition) is 1. The molecule has 0 aliphatic carbocycles. The van der Waals surface area contributed by atoms with Gasteiger partial charge >= 0.3 is 6.09 Å². The Morgan fingerprint density at radius 1 is 1.53 bits per heavy atom. The number of alkyl halides is 1. The lowest BCUT2D eigenvalue weighted by Gasteiger charge is -2.34. The largest absolute Gasteiger partial charge is 0.444 e. The quantitative estimate of drug-likeness (QED) is 0.688. The van der Waals surface area contributed by atoms with Crippen molar-refractivity contribution in [2.75, 3.05) is 13.1 Å². The fraction of sp³-hybridized carbons (Fsp3) is 0.900. The normalized spacial score (nSPS) is 27.7. The summed E-state index contributed by atoms with van der Waals surface area (Å²) in [5, 5.41) is 9.60. The van der Waals surface area contributed by atoms with Gasteiger partial charge in [-0.1, -0.05) is 15.9 Å². The van der Waals surface area contributed by atoms with E-state index in [0.717, 1.165) is 6.42 Å². The number of nitrogens with zero attached hydrogens (tertiary/aromatic N) is 1. The van der Waals surface area contributed by atoms with E-state index in [1.165, 1.54) is 0 Å². The van der Waals surface area contributed by atoms with E-state index in [0.29, 0.717) is 13.1 Å². The number of halogens is 1. The van der Waals surface area contributed by atoms with E-state index in [-0.39, 0.29) is 10.9 Å². The highest BCUT2D eigenvalue weighted by atomic mass is 79.9. The number of carbonyl (C=O) groups excluding carboxylic acids is 1. The second-order valence-electron chi connectivity index (χ2n) is 4.80. The molecule has 1 saturated heterocycles. The van der Waals surface area contributed by atoms with Crippen LogP contribution in [-0.2, 0) is 4.74 Å². The lowest BCUT2D eigenvalue weighted by atomic mass is 10.1. The molecule has 0 saturated carbocycles. The molecule has 0 bridgehead atoms. The molecule has 0 spiro atoms. The zero-order valence-electron chi connectivity index (χ0n) is 9.36. The number of amides is 1. The highest BCUT2D eigenvalue weighted by Crippen LogP contribution is 2.20. The molecule has 1 heterocycles. The first-order chi connectivity index (χ1) is 6.79. The van der Waals surface area contributed by atoms with Crippen LogP contribution in [-0.4, -0.2) is 45.7 Å². The Morgan fingerprint density at radius 3 is 2.60 bits per heavy atom. The molecule has 1 amide bonds. The zero-order chi connectivity index (χ0) is 11.6. The van der Waals surface area contributed by atoms with Crippen molar-refractivity contribution >= 4 is 22.0 Å². The first kappa shape index (κ1) is 12.8. The monoisotopic (exact) mass is 279 g/mol. The van der Waals surface area contributed by atoms with Crippen LogP contribution >= 0.6 is 15.9 Å². The van der Waals surface area contributed by atoms with Crippen molar-refractivity contribution in [1.82, 2.24) is 4.90 Å². The lowest BCUT2D eigenvalue weighted by Crippen LogP contribution is -2.48. The average Bonchev–Trinajstić information content (AvgIpc) is 2.06. The fourth-order valence-electron chi connectivity index (χ4n) is 1.40. The number of hydrogen-bond acceptors (Lipinski definition) is 3. The van der Waals surface area contributed by atoms with Crippen molar-refractivity contribution < 1.29 is 14.6 Å². The predicted octanol–water partition coefficient (Wildman–Crippen LogP) is 1.75. The van der Waals surface area contributed by atoms with Gasteiger partial charge < -0.3 is 14.7 Å². The number of β-amino-alcohol motifs (C(OH)–C–C–N with tert-alkyl or cyclic N) is 1. The standard InChI is InChI=1S/C10H18BrNO3/c1-10(2,3)15-9(14)12-5-4-7(11)8(13)6-12/h7-8,13H,4-6H2,1-3H3. The summed E-state index contributed by atoms with van der Waals surface area (Å²) in [6.07, 6.45) is -0.104. The molecule has 5 heteroatoms. The van der Waals surface area contributed by atoms with Gasteiger partial charge in [0.25, 0.3) is 0 Å². The first-order valence-electron chi connectivity index (χ1n) is 5.09. The average molecular weight is 280 g/mol. The van der Waals surface area contributed by atoms with Crippen LogP contribution in [0.3, 0.4) is 0 Å². The Balaban J connectivity index is 2.48. The maximum absolute atomic E-state index is 11.6. The van der Waals surface area contributed by atoms with Gasteiger partial charge in [0.1, 0.15) is 5.60 Å². The van der Waals surface area contributed by atoms with Crippen molar-refractivity contribution in [2.24, 2.45) is 0 Å². The van der Waals surface area contributed by atoms with Gasteiger partial charge in [-0.15, -0.1) is 0 Å². The van der Waals surface area contributed by atoms with E-state index in [4.69, 9.17) is 4.74 Å². The molecular weight excluding hydrogens is 262 g/mol. The summed E-state index contributed by atoms with van der Waals surface area (Å²) in [6.45, 7) is 6.46. The summed E-state index contributed by atoms with van der Waals surface area (Å²) in [5.41, 5.74) is -0.479. The Hall–Kier alpha value is -0.290. The van der Waals surface area contributed by atoms with Crippen LogP contribution in [0.25, 0.3) is 0 Å². The van der Waals surface area contributed by atoms with E-state index in [1.54, 1.807) is 4.90 Å². The minimum atomic E-state index is -0.508. The van der Waals surface area contributed by atoms with Crippen molar-refractivity contribution in [1.29, 1.82) is 0 Å². The smallest absolute Gasteiger partial charge is 0.410 e. The molecule has 1 N–H and O–H groups in total. The Kier molecular flexibility index (Phi) is 4.00. The number of likely N-dealkylation sites (tertiary alicyclic amines) is 1. The second-order valence-corrected chi connectivity index (χ2v) is 5.97. The maximum atomic E-state index is 11.6. The van der Waals surface area contributed by atoms with Crippen LogP contribution in [0.5, 0.6) is 0 Å². The predicted molar refractivity (Wildman–Crippen MR) is 61.1 cm³/mol. The number of rotatable bonds is 0. The van der Waals surface area contributed by atoms with E-state index < -0.39 is 11.7 Å². The lowest BCUT2D eigenvalue weighted by molar-refractivity contribution is 0.00580. The van der Waals surface area contributed by atoms with Crippen LogP contribution < -0.4 is 0 Å². The van der Waals surface area contributed by atoms with Crippen LogP contribution in [0.15, 0.2) is 0 Å². The zero-order valence-corrected chi connectivity index (χ0v) is 11.0. The van der Waals surface area contributed by atoms with Gasteiger partial charge in [0.05, 0.1) is 12.6 Å². The molecular formula is C10H18BrNO3. The van der Waals surface area contributed by atoms with Crippen molar-refractivity contribution in [3.05, 3.63) is 0 Å². The highest BCUT2D eigenvalue weighted by molar-refractivity contribution is 9.09. The Bertz CT molecular complexity index is 239. The molecule has 1 rings (SSSR count). The van der Waals surface area contributed by atoms with E-state index in [9.17, 15) is 9.90 Å². The fourth-order valence-corrected chi connectivity index (χ4v) is 1.77. The molecule has 0 aromatic heterocycles. The van der Waals surface area contributed by atoms with Crippen LogP contribution in [0.1, 0.15) is 27.2 Å². The summed E-state index contributed by atoms with van der Waals surface area (Å²) < 4.78 is 5.22. The number of piperidine rings is 1. The van der Waals surface area contributed by atoms with E-state index >= 15 is 0 Å². The molecule has 4 nitrogen and oxygen atoms in total. The Labute approximate surface area is 98.7 Å². The summed E-state index contributed by atoms with van der Waals surface area (Å²) in [5.74, 6) is 0. The minimum Gasteiger partial charge on any atom is -0.444 e. The number of aliphatic hydroxyl groups is 1. The third kappa shape index (κ3) is 3.99. The molecule has 0 aromatic rings. The SMILES string of the molecule is CC(C)(C)OC(=O)N1CCC(Br)C(O)C1. The van der Waals surface area contributed by atoms with Crippen LogP contribution in [0.4, 0.5) is 4.79 Å². The van der Waals surface area contributed by atoms with Crippen molar-refractivity contribution in [3.8, 4) is 0 Å². The number of aliphatic hydroxyl groups excluding tert-OH is 1. The van der Waals surface area contributed by atoms with Gasteiger partial charge in [-0.2, -0.15) is 0 Å². The van der Waals surface area contributed by atoms with Crippen molar-refractivity contribution in [3.63, 3.8) is 0 Å². The molecule has 1 aliphatic heterocycles. The highest BCUT2D eigenvalue weighted by Gasteiger charge is 2.30. The van der Waals surface area contributed by atoms with Gasteiger partial charge in [-0.25, -0.2) is 4.79 Å². The first-order valence-corrected chi connectivity index (χ1v) is 6.01. The molecule has 2 unspecified atom stereocenters. The van der Waals surface area contributed by atoms with Crippen LogP contribution in [0.2, 0.25) is 0 Å². The molecule has 0 aromatic carbocycles.